The molecule has 1 amide bonds. The van der Waals surface area contributed by atoms with Gasteiger partial charge in [0.1, 0.15) is 6.61 Å². The maximum atomic E-state index is 13.4. The standard InChI is InChI=1S/C16H12F2N2O6/c1-25-15(21)10-6-11(17)12(18)7-13(10)19-16(22)26-8-9-4-2-3-5-14(9)20(23)24/h2-7H,8H2,1H3,(H,19,22). The number of halogens is 2. The Balaban J connectivity index is 2.15. The number of hydrogen-bond donors (Lipinski definition) is 1. The molecule has 0 fully saturated rings. The second kappa shape index (κ2) is 8.01. The van der Waals surface area contributed by atoms with Crippen molar-refractivity contribution in [3.63, 3.8) is 0 Å². The van der Waals surface area contributed by atoms with Crippen molar-refractivity contribution in [3.05, 3.63) is 69.3 Å². The van der Waals surface area contributed by atoms with Crippen molar-refractivity contribution in [1.82, 2.24) is 0 Å². The van der Waals surface area contributed by atoms with E-state index in [4.69, 9.17) is 4.74 Å². The van der Waals surface area contributed by atoms with Gasteiger partial charge in [0.2, 0.25) is 0 Å². The summed E-state index contributed by atoms with van der Waals surface area (Å²) in [5.41, 5.74) is -0.910. The first kappa shape index (κ1) is 18.8. The van der Waals surface area contributed by atoms with Gasteiger partial charge in [-0.15, -0.1) is 0 Å². The van der Waals surface area contributed by atoms with Gasteiger partial charge in [-0.1, -0.05) is 12.1 Å². The van der Waals surface area contributed by atoms with Gasteiger partial charge in [0, 0.05) is 12.1 Å². The average molecular weight is 366 g/mol. The van der Waals surface area contributed by atoms with Crippen LogP contribution in [0.25, 0.3) is 0 Å². The highest BCUT2D eigenvalue weighted by atomic mass is 19.2. The molecule has 0 radical (unpaired) electrons. The first-order valence-corrected chi connectivity index (χ1v) is 7.07. The molecule has 0 aliphatic carbocycles. The largest absolute Gasteiger partial charge is 0.465 e. The highest BCUT2D eigenvalue weighted by Gasteiger charge is 2.19. The van der Waals surface area contributed by atoms with Crippen LogP contribution in [0.2, 0.25) is 0 Å². The lowest BCUT2D eigenvalue weighted by Gasteiger charge is -2.11. The summed E-state index contributed by atoms with van der Waals surface area (Å²) >= 11 is 0. The molecule has 10 heteroatoms. The number of nitrogens with one attached hydrogen (secondary N) is 1. The van der Waals surface area contributed by atoms with Gasteiger partial charge in [0.15, 0.2) is 11.6 Å². The fourth-order valence-corrected chi connectivity index (χ4v) is 2.03. The Labute approximate surface area is 145 Å². The molecule has 2 aromatic rings. The molecule has 0 unspecified atom stereocenters. The number of ether oxygens (including phenoxy) is 2. The zero-order valence-electron chi connectivity index (χ0n) is 13.3. The third kappa shape index (κ3) is 4.29. The van der Waals surface area contributed by atoms with E-state index in [2.05, 4.69) is 10.1 Å². The summed E-state index contributed by atoms with van der Waals surface area (Å²) in [5, 5.41) is 13.0. The summed E-state index contributed by atoms with van der Waals surface area (Å²) in [5.74, 6) is -3.60. The van der Waals surface area contributed by atoms with E-state index in [1.807, 2.05) is 0 Å². The van der Waals surface area contributed by atoms with Crippen molar-refractivity contribution in [1.29, 1.82) is 0 Å². The highest BCUT2D eigenvalue weighted by molar-refractivity contribution is 5.99. The lowest BCUT2D eigenvalue weighted by molar-refractivity contribution is -0.385. The fourth-order valence-electron chi connectivity index (χ4n) is 2.03. The van der Waals surface area contributed by atoms with E-state index < -0.39 is 40.8 Å². The van der Waals surface area contributed by atoms with Crippen LogP contribution in [0, 0.1) is 21.7 Å². The number of methoxy groups -OCH3 is 1. The summed E-state index contributed by atoms with van der Waals surface area (Å²) in [6.45, 7) is -0.444. The summed E-state index contributed by atoms with van der Waals surface area (Å²) in [6.07, 6.45) is -1.13. The molecular formula is C16H12F2N2O6. The van der Waals surface area contributed by atoms with Crippen molar-refractivity contribution in [3.8, 4) is 0 Å². The predicted molar refractivity (Wildman–Crippen MR) is 84.6 cm³/mol. The number of benzene rings is 2. The Morgan fingerprint density at radius 3 is 2.50 bits per heavy atom. The summed E-state index contributed by atoms with van der Waals surface area (Å²) in [6, 6.07) is 6.76. The van der Waals surface area contributed by atoms with Crippen LogP contribution in [-0.4, -0.2) is 24.1 Å². The number of rotatable bonds is 5. The number of hydrogen-bond acceptors (Lipinski definition) is 6. The van der Waals surface area contributed by atoms with Crippen molar-refractivity contribution in [2.75, 3.05) is 12.4 Å². The zero-order valence-corrected chi connectivity index (χ0v) is 13.3. The smallest absolute Gasteiger partial charge is 0.411 e. The van der Waals surface area contributed by atoms with Crippen LogP contribution >= 0.6 is 0 Å². The minimum Gasteiger partial charge on any atom is -0.465 e. The van der Waals surface area contributed by atoms with E-state index in [0.29, 0.717) is 12.1 Å². The number of nitro groups is 1. The van der Waals surface area contributed by atoms with Gasteiger partial charge >= 0.3 is 12.1 Å². The Morgan fingerprint density at radius 1 is 1.19 bits per heavy atom. The molecule has 0 aromatic heterocycles. The zero-order chi connectivity index (χ0) is 19.3. The van der Waals surface area contributed by atoms with Crippen LogP contribution in [0.3, 0.4) is 0 Å². The molecule has 26 heavy (non-hydrogen) atoms. The second-order valence-corrected chi connectivity index (χ2v) is 4.89. The maximum Gasteiger partial charge on any atom is 0.411 e. The first-order chi connectivity index (χ1) is 12.3. The number of esters is 1. The minimum absolute atomic E-state index is 0.131. The summed E-state index contributed by atoms with van der Waals surface area (Å²) in [4.78, 5) is 33.7. The third-order valence-electron chi connectivity index (χ3n) is 3.25. The predicted octanol–water partition coefficient (Wildman–Crippen LogP) is 3.41. The van der Waals surface area contributed by atoms with Crippen LogP contribution in [-0.2, 0) is 16.1 Å². The van der Waals surface area contributed by atoms with Crippen LogP contribution in [0.4, 0.5) is 25.0 Å². The molecule has 0 saturated heterocycles. The quantitative estimate of drug-likeness (QED) is 0.494. The summed E-state index contributed by atoms with van der Waals surface area (Å²) in [7, 11) is 1.03. The molecule has 0 atom stereocenters. The number of carbonyl (C=O) groups excluding carboxylic acids is 2. The SMILES string of the molecule is COC(=O)c1cc(F)c(F)cc1NC(=O)OCc1ccccc1[N+](=O)[O-]. The Kier molecular flexibility index (Phi) is 5.78. The van der Waals surface area contributed by atoms with Crippen molar-refractivity contribution in [2.24, 2.45) is 0 Å². The van der Waals surface area contributed by atoms with Crippen molar-refractivity contribution >= 4 is 23.4 Å². The van der Waals surface area contributed by atoms with E-state index in [9.17, 15) is 28.5 Å². The lowest BCUT2D eigenvalue weighted by Crippen LogP contribution is -2.17. The number of anilines is 1. The number of nitro benzene ring substituents is 1. The molecule has 8 nitrogen and oxygen atoms in total. The van der Waals surface area contributed by atoms with E-state index in [-0.39, 0.29) is 16.9 Å². The molecule has 2 rings (SSSR count). The first-order valence-electron chi connectivity index (χ1n) is 7.07. The highest BCUT2D eigenvalue weighted by Crippen LogP contribution is 2.22. The van der Waals surface area contributed by atoms with Gasteiger partial charge in [0.25, 0.3) is 5.69 Å². The van der Waals surface area contributed by atoms with Gasteiger partial charge < -0.3 is 9.47 Å². The number of para-hydroxylation sites is 1. The molecule has 136 valence electrons. The molecule has 0 spiro atoms. The molecule has 0 aliphatic rings. The van der Waals surface area contributed by atoms with Gasteiger partial charge in [-0.25, -0.2) is 18.4 Å². The van der Waals surface area contributed by atoms with Gasteiger partial charge in [-0.2, -0.15) is 0 Å². The van der Waals surface area contributed by atoms with Gasteiger partial charge in [-0.05, 0) is 12.1 Å². The third-order valence-corrected chi connectivity index (χ3v) is 3.25. The van der Waals surface area contributed by atoms with E-state index in [1.54, 1.807) is 0 Å². The minimum atomic E-state index is -1.30. The van der Waals surface area contributed by atoms with E-state index in [1.165, 1.54) is 24.3 Å². The number of amides is 1. The van der Waals surface area contributed by atoms with Crippen LogP contribution < -0.4 is 5.32 Å². The molecule has 1 N–H and O–H groups in total. The van der Waals surface area contributed by atoms with Crippen molar-refractivity contribution in [2.45, 2.75) is 6.61 Å². The topological polar surface area (TPSA) is 108 Å². The van der Waals surface area contributed by atoms with Crippen molar-refractivity contribution < 1.29 is 32.8 Å². The Hall–Kier alpha value is -3.56. The molecule has 2 aromatic carbocycles. The van der Waals surface area contributed by atoms with Gasteiger partial charge in [0.05, 0.1) is 28.8 Å². The monoisotopic (exact) mass is 366 g/mol. The fraction of sp³-hybridized carbons (Fsp3) is 0.125. The normalized spacial score (nSPS) is 10.1. The molecule has 0 heterocycles. The Bertz CT molecular complexity index is 872. The Morgan fingerprint density at radius 2 is 1.85 bits per heavy atom. The molecular weight excluding hydrogens is 354 g/mol. The molecule has 0 saturated carbocycles. The van der Waals surface area contributed by atoms with Crippen LogP contribution in [0.15, 0.2) is 36.4 Å². The molecule has 0 aliphatic heterocycles. The maximum absolute atomic E-state index is 13.4. The average Bonchev–Trinajstić information content (AvgIpc) is 2.62. The van der Waals surface area contributed by atoms with E-state index in [0.717, 1.165) is 7.11 Å². The molecule has 0 bridgehead atoms. The summed E-state index contributed by atoms with van der Waals surface area (Å²) < 4.78 is 35.9. The van der Waals surface area contributed by atoms with Gasteiger partial charge in [-0.3, -0.25) is 15.4 Å². The lowest BCUT2D eigenvalue weighted by atomic mass is 10.1. The van der Waals surface area contributed by atoms with Crippen LogP contribution in [0.5, 0.6) is 0 Å². The number of nitrogens with zero attached hydrogens (tertiary/aromatic N) is 1. The second-order valence-electron chi connectivity index (χ2n) is 4.89. The van der Waals surface area contributed by atoms with Crippen LogP contribution in [0.1, 0.15) is 15.9 Å². The number of carbonyl (C=O) groups is 2. The van der Waals surface area contributed by atoms with E-state index >= 15 is 0 Å².